The van der Waals surface area contributed by atoms with Gasteiger partial charge in [-0.15, -0.1) is 0 Å². The molecule has 0 saturated heterocycles. The average molecular weight is 624 g/mol. The zero-order valence-corrected chi connectivity index (χ0v) is 24.1. The first kappa shape index (κ1) is 27.6. The second-order valence-corrected chi connectivity index (χ2v) is 11.5. The lowest BCUT2D eigenvalue weighted by Crippen LogP contribution is -2.13. The molecule has 0 aliphatic heterocycles. The number of aromatic hydroxyl groups is 1. The lowest BCUT2D eigenvalue weighted by atomic mass is 9.82. The van der Waals surface area contributed by atoms with Crippen molar-refractivity contribution in [1.82, 2.24) is 0 Å². The van der Waals surface area contributed by atoms with Crippen molar-refractivity contribution >= 4 is 53.3 Å². The van der Waals surface area contributed by atoms with Gasteiger partial charge in [0.1, 0.15) is 10.6 Å². The van der Waals surface area contributed by atoms with Crippen LogP contribution in [0.5, 0.6) is 5.75 Å². The number of hydrogen-bond acceptors (Lipinski definition) is 4. The van der Waals surface area contributed by atoms with Crippen LogP contribution < -0.4 is 0 Å². The molecule has 0 amide bonds. The number of ketones is 1. The average Bonchev–Trinajstić information content (AvgIpc) is 2.81. The normalized spacial score (nSPS) is 16.0. The Balaban J connectivity index is 2.58. The van der Waals surface area contributed by atoms with E-state index in [4.69, 9.17) is 0 Å². The van der Waals surface area contributed by atoms with Gasteiger partial charge in [-0.3, -0.25) is 9.35 Å². The maximum atomic E-state index is 12.9. The van der Waals surface area contributed by atoms with Crippen molar-refractivity contribution in [2.24, 2.45) is 0 Å². The predicted molar refractivity (Wildman–Crippen MR) is 146 cm³/mol. The van der Waals surface area contributed by atoms with Crippen LogP contribution in [0.15, 0.2) is 67.0 Å². The Morgan fingerprint density at radius 3 is 2.23 bits per heavy atom. The molecule has 1 aliphatic carbocycles. The quantitative estimate of drug-likeness (QED) is 0.313. The van der Waals surface area contributed by atoms with Crippen molar-refractivity contribution in [3.63, 3.8) is 0 Å². The third-order valence-electron chi connectivity index (χ3n) is 6.12. The van der Waals surface area contributed by atoms with Gasteiger partial charge in [0.25, 0.3) is 10.1 Å². The molecule has 186 valence electrons. The summed E-state index contributed by atoms with van der Waals surface area (Å²) < 4.78 is 35.8. The van der Waals surface area contributed by atoms with Gasteiger partial charge in [-0.05, 0) is 110 Å². The second-order valence-electron chi connectivity index (χ2n) is 8.57. The Morgan fingerprint density at radius 2 is 1.63 bits per heavy atom. The van der Waals surface area contributed by atoms with E-state index in [1.54, 1.807) is 18.2 Å². The maximum absolute atomic E-state index is 12.9. The van der Waals surface area contributed by atoms with Crippen molar-refractivity contribution < 1.29 is 22.9 Å². The SMILES string of the molecule is CCCC1=CC(=C(c2ccccc2S(=O)(=O)O)c2cc(CCC)c(O)c(Br)c2C)C(C)=C(Br)C1=O. The largest absolute Gasteiger partial charge is 0.506 e. The fourth-order valence-electron chi connectivity index (χ4n) is 4.33. The summed E-state index contributed by atoms with van der Waals surface area (Å²) in [6, 6.07) is 8.14. The first-order chi connectivity index (χ1) is 16.4. The van der Waals surface area contributed by atoms with Gasteiger partial charge >= 0.3 is 0 Å². The highest BCUT2D eigenvalue weighted by molar-refractivity contribution is 9.12. The van der Waals surface area contributed by atoms with Crippen LogP contribution in [0.25, 0.3) is 5.57 Å². The van der Waals surface area contributed by atoms with Crippen molar-refractivity contribution in [3.8, 4) is 5.75 Å². The molecule has 2 N–H and O–H groups in total. The molecule has 0 unspecified atom stereocenters. The first-order valence-electron chi connectivity index (χ1n) is 11.4. The molecule has 0 heterocycles. The number of phenolic OH excluding ortho intramolecular Hbond substituents is 1. The highest BCUT2D eigenvalue weighted by Gasteiger charge is 2.29. The topological polar surface area (TPSA) is 91.7 Å². The Bertz CT molecular complexity index is 1400. The van der Waals surface area contributed by atoms with Gasteiger partial charge in [-0.1, -0.05) is 44.9 Å². The summed E-state index contributed by atoms with van der Waals surface area (Å²) in [6.45, 7) is 7.65. The Kier molecular flexibility index (Phi) is 8.63. The third-order valence-corrected chi connectivity index (χ3v) is 8.96. The van der Waals surface area contributed by atoms with E-state index in [2.05, 4.69) is 31.9 Å². The predicted octanol–water partition coefficient (Wildman–Crippen LogP) is 7.44. The molecular formula is C27H28Br2O5S. The minimum absolute atomic E-state index is 0.0919. The Labute approximate surface area is 223 Å². The molecule has 2 aromatic rings. The molecule has 0 atom stereocenters. The zero-order valence-electron chi connectivity index (χ0n) is 20.1. The molecule has 0 saturated carbocycles. The zero-order chi connectivity index (χ0) is 26.1. The van der Waals surface area contributed by atoms with Crippen LogP contribution in [0, 0.1) is 6.92 Å². The maximum Gasteiger partial charge on any atom is 0.295 e. The number of hydrogen-bond donors (Lipinski definition) is 2. The number of halogens is 2. The number of aryl methyl sites for hydroxylation is 1. The van der Waals surface area contributed by atoms with E-state index < -0.39 is 10.1 Å². The van der Waals surface area contributed by atoms with E-state index in [0.717, 1.165) is 12.8 Å². The van der Waals surface area contributed by atoms with Crippen molar-refractivity contribution in [2.75, 3.05) is 0 Å². The molecule has 8 heteroatoms. The summed E-state index contributed by atoms with van der Waals surface area (Å²) in [5, 5.41) is 10.7. The Morgan fingerprint density at radius 1 is 1.00 bits per heavy atom. The molecule has 5 nitrogen and oxygen atoms in total. The van der Waals surface area contributed by atoms with Gasteiger partial charge in [0.05, 0.1) is 8.96 Å². The monoisotopic (exact) mass is 622 g/mol. The number of Topliss-reactive ketones (excluding diaryl/α,β-unsaturated/α-hetero) is 1. The van der Waals surface area contributed by atoms with Gasteiger partial charge in [0.15, 0.2) is 5.78 Å². The van der Waals surface area contributed by atoms with Gasteiger partial charge in [-0.25, -0.2) is 0 Å². The lowest BCUT2D eigenvalue weighted by molar-refractivity contribution is -0.111. The molecule has 35 heavy (non-hydrogen) atoms. The van der Waals surface area contributed by atoms with Crippen LogP contribution in [0.3, 0.4) is 0 Å². The summed E-state index contributed by atoms with van der Waals surface area (Å²) in [5.41, 5.74) is 4.96. The molecule has 0 radical (unpaired) electrons. The van der Waals surface area contributed by atoms with Crippen LogP contribution in [0.4, 0.5) is 0 Å². The van der Waals surface area contributed by atoms with E-state index in [-0.39, 0.29) is 16.4 Å². The summed E-state index contributed by atoms with van der Waals surface area (Å²) in [4.78, 5) is 12.7. The lowest BCUT2D eigenvalue weighted by Gasteiger charge is -2.24. The summed E-state index contributed by atoms with van der Waals surface area (Å²) >= 11 is 6.98. The fourth-order valence-corrected chi connectivity index (χ4v) is 5.97. The van der Waals surface area contributed by atoms with E-state index in [1.807, 2.05) is 39.8 Å². The number of rotatable bonds is 7. The fraction of sp³-hybridized carbons (Fsp3) is 0.296. The minimum Gasteiger partial charge on any atom is -0.506 e. The highest BCUT2D eigenvalue weighted by atomic mass is 79.9. The third kappa shape index (κ3) is 5.40. The van der Waals surface area contributed by atoms with Gasteiger partial charge in [0, 0.05) is 11.1 Å². The molecule has 1 aliphatic rings. The molecule has 2 aromatic carbocycles. The van der Waals surface area contributed by atoms with Gasteiger partial charge < -0.3 is 5.11 Å². The minimum atomic E-state index is -4.55. The van der Waals surface area contributed by atoms with Crippen LogP contribution in [-0.2, 0) is 21.3 Å². The standard InChI is InChI=1S/C27H28Br2O5S/c1-5-9-17-13-20(15(3)24(28)26(17)30)23(19-11-7-8-12-22(19)35(32,33)34)21-14-18(10-6-2)27(31)25(29)16(21)4/h7-8,11-14,30H,5-6,9-10H2,1-4H3,(H,32,33,34). The highest BCUT2D eigenvalue weighted by Crippen LogP contribution is 2.44. The van der Waals surface area contributed by atoms with Crippen LogP contribution in [0.2, 0.25) is 0 Å². The van der Waals surface area contributed by atoms with Crippen LogP contribution >= 0.6 is 31.9 Å². The van der Waals surface area contributed by atoms with Crippen molar-refractivity contribution in [2.45, 2.75) is 58.3 Å². The van der Waals surface area contributed by atoms with E-state index in [0.29, 0.717) is 66.3 Å². The van der Waals surface area contributed by atoms with Gasteiger partial charge in [-0.2, -0.15) is 8.42 Å². The summed E-state index contributed by atoms with van der Waals surface area (Å²) in [6.07, 6.45) is 4.58. The second kappa shape index (κ2) is 10.9. The molecule has 0 spiro atoms. The molecular weight excluding hydrogens is 596 g/mol. The number of carbonyl (C=O) groups excluding carboxylic acids is 1. The van der Waals surface area contributed by atoms with Crippen molar-refractivity contribution in [3.05, 3.63) is 84.3 Å². The number of phenols is 1. The molecule has 0 bridgehead atoms. The molecule has 3 rings (SSSR count). The molecule has 0 fully saturated rings. The van der Waals surface area contributed by atoms with E-state index in [1.165, 1.54) is 6.07 Å². The van der Waals surface area contributed by atoms with Gasteiger partial charge in [0.2, 0.25) is 0 Å². The first-order valence-corrected chi connectivity index (χ1v) is 14.4. The Hall–Kier alpha value is -2.00. The summed E-state index contributed by atoms with van der Waals surface area (Å²) in [5.74, 6) is 0.0563. The number of allylic oxidation sites excluding steroid dienone is 5. The van der Waals surface area contributed by atoms with Crippen LogP contribution in [-0.4, -0.2) is 23.9 Å². The molecule has 0 aromatic heterocycles. The van der Waals surface area contributed by atoms with Crippen LogP contribution in [0.1, 0.15) is 62.3 Å². The number of benzene rings is 2. The van der Waals surface area contributed by atoms with E-state index >= 15 is 0 Å². The van der Waals surface area contributed by atoms with Crippen molar-refractivity contribution in [1.29, 1.82) is 0 Å². The smallest absolute Gasteiger partial charge is 0.295 e. The number of carbonyl (C=O) groups is 1. The van der Waals surface area contributed by atoms with E-state index in [9.17, 15) is 22.9 Å². The summed E-state index contributed by atoms with van der Waals surface area (Å²) in [7, 11) is -4.55.